The standard InChI is InChI=1S/C14H9ClN2O3/c15-13-5-4-12(17(18)19)7-14(13)20-9-11-3-1-2-10(6-11)8-16/h1-7H,9H2. The molecule has 0 radical (unpaired) electrons. The summed E-state index contributed by atoms with van der Waals surface area (Å²) in [6.45, 7) is 0.177. The van der Waals surface area contributed by atoms with Crippen molar-refractivity contribution in [2.24, 2.45) is 0 Å². The van der Waals surface area contributed by atoms with Crippen LogP contribution in [0.15, 0.2) is 42.5 Å². The highest BCUT2D eigenvalue weighted by Gasteiger charge is 2.10. The minimum absolute atomic E-state index is 0.0878. The smallest absolute Gasteiger partial charge is 0.273 e. The van der Waals surface area contributed by atoms with Crippen molar-refractivity contribution in [3.05, 3.63) is 68.7 Å². The largest absolute Gasteiger partial charge is 0.487 e. The maximum absolute atomic E-state index is 10.7. The highest BCUT2D eigenvalue weighted by atomic mass is 35.5. The first-order valence-electron chi connectivity index (χ1n) is 5.66. The molecule has 6 heteroatoms. The van der Waals surface area contributed by atoms with Crippen molar-refractivity contribution in [2.75, 3.05) is 0 Å². The van der Waals surface area contributed by atoms with Gasteiger partial charge in [-0.1, -0.05) is 23.7 Å². The van der Waals surface area contributed by atoms with Gasteiger partial charge in [0.1, 0.15) is 12.4 Å². The first-order valence-corrected chi connectivity index (χ1v) is 6.04. The lowest BCUT2D eigenvalue weighted by molar-refractivity contribution is -0.384. The third kappa shape index (κ3) is 3.25. The number of hydrogen-bond acceptors (Lipinski definition) is 4. The second-order valence-electron chi connectivity index (χ2n) is 3.97. The Morgan fingerprint density at radius 1 is 1.30 bits per heavy atom. The summed E-state index contributed by atoms with van der Waals surface area (Å²) in [5.74, 6) is 0.239. The van der Waals surface area contributed by atoms with Gasteiger partial charge in [-0.3, -0.25) is 10.1 Å². The van der Waals surface area contributed by atoms with Gasteiger partial charge in [-0.25, -0.2) is 0 Å². The van der Waals surface area contributed by atoms with Gasteiger partial charge in [0.05, 0.1) is 27.6 Å². The van der Waals surface area contributed by atoms with E-state index in [9.17, 15) is 10.1 Å². The molecule has 0 aromatic heterocycles. The van der Waals surface area contributed by atoms with Gasteiger partial charge in [0.2, 0.25) is 0 Å². The lowest BCUT2D eigenvalue weighted by atomic mass is 10.1. The molecule has 0 fully saturated rings. The Morgan fingerprint density at radius 2 is 2.10 bits per heavy atom. The van der Waals surface area contributed by atoms with Crippen LogP contribution >= 0.6 is 11.6 Å². The average Bonchev–Trinajstić information content (AvgIpc) is 2.46. The van der Waals surface area contributed by atoms with Crippen molar-refractivity contribution >= 4 is 17.3 Å². The van der Waals surface area contributed by atoms with Crippen LogP contribution < -0.4 is 4.74 Å². The maximum Gasteiger partial charge on any atom is 0.273 e. The van der Waals surface area contributed by atoms with Gasteiger partial charge in [-0.05, 0) is 23.8 Å². The zero-order valence-electron chi connectivity index (χ0n) is 10.2. The van der Waals surface area contributed by atoms with Crippen LogP contribution in [-0.2, 0) is 6.61 Å². The van der Waals surface area contributed by atoms with Gasteiger partial charge in [-0.15, -0.1) is 0 Å². The lowest BCUT2D eigenvalue weighted by Crippen LogP contribution is -1.97. The molecule has 0 aliphatic heterocycles. The van der Waals surface area contributed by atoms with E-state index in [1.54, 1.807) is 24.3 Å². The Labute approximate surface area is 120 Å². The summed E-state index contributed by atoms with van der Waals surface area (Å²) >= 11 is 5.93. The second kappa shape index (κ2) is 6.04. The van der Waals surface area contributed by atoms with E-state index in [0.29, 0.717) is 10.6 Å². The van der Waals surface area contributed by atoms with Crippen molar-refractivity contribution in [1.29, 1.82) is 5.26 Å². The molecule has 2 aromatic rings. The van der Waals surface area contributed by atoms with E-state index in [0.717, 1.165) is 5.56 Å². The summed E-state index contributed by atoms with van der Waals surface area (Å²) in [6.07, 6.45) is 0. The molecular weight excluding hydrogens is 280 g/mol. The minimum atomic E-state index is -0.514. The normalized spacial score (nSPS) is 9.80. The van der Waals surface area contributed by atoms with E-state index in [2.05, 4.69) is 0 Å². The molecule has 0 saturated carbocycles. The first kappa shape index (κ1) is 13.8. The predicted octanol–water partition coefficient (Wildman–Crippen LogP) is 3.70. The van der Waals surface area contributed by atoms with E-state index in [1.807, 2.05) is 6.07 Å². The topological polar surface area (TPSA) is 76.2 Å². The fourth-order valence-electron chi connectivity index (χ4n) is 1.61. The highest BCUT2D eigenvalue weighted by Crippen LogP contribution is 2.29. The van der Waals surface area contributed by atoms with Gasteiger partial charge in [-0.2, -0.15) is 5.26 Å². The molecule has 0 atom stereocenters. The third-order valence-electron chi connectivity index (χ3n) is 2.58. The minimum Gasteiger partial charge on any atom is -0.487 e. The number of nitro benzene ring substituents is 1. The predicted molar refractivity (Wildman–Crippen MR) is 73.6 cm³/mol. The summed E-state index contributed by atoms with van der Waals surface area (Å²) < 4.78 is 5.47. The molecular formula is C14H9ClN2O3. The number of nitrogens with zero attached hydrogens (tertiary/aromatic N) is 2. The Morgan fingerprint density at radius 3 is 2.80 bits per heavy atom. The number of benzene rings is 2. The zero-order chi connectivity index (χ0) is 14.5. The molecule has 0 unspecified atom stereocenters. The second-order valence-corrected chi connectivity index (χ2v) is 4.38. The Hall–Kier alpha value is -2.58. The fraction of sp³-hybridized carbons (Fsp3) is 0.0714. The molecule has 0 aliphatic carbocycles. The van der Waals surface area contributed by atoms with Crippen LogP contribution in [0.1, 0.15) is 11.1 Å². The van der Waals surface area contributed by atoms with Crippen LogP contribution in [0.5, 0.6) is 5.75 Å². The van der Waals surface area contributed by atoms with Crippen molar-refractivity contribution in [3.8, 4) is 11.8 Å². The number of hydrogen-bond donors (Lipinski definition) is 0. The van der Waals surface area contributed by atoms with Crippen LogP contribution in [0.3, 0.4) is 0 Å². The Bertz CT molecular complexity index is 695. The van der Waals surface area contributed by atoms with Crippen LogP contribution in [0.4, 0.5) is 5.69 Å². The van der Waals surface area contributed by atoms with Gasteiger partial charge >= 0.3 is 0 Å². The molecule has 0 saturated heterocycles. The summed E-state index contributed by atoms with van der Waals surface area (Å²) in [4.78, 5) is 10.2. The van der Waals surface area contributed by atoms with E-state index in [1.165, 1.54) is 18.2 Å². The van der Waals surface area contributed by atoms with E-state index in [-0.39, 0.29) is 18.0 Å². The summed E-state index contributed by atoms with van der Waals surface area (Å²) in [5, 5.41) is 19.8. The molecule has 100 valence electrons. The number of halogens is 1. The van der Waals surface area contributed by atoms with Crippen LogP contribution in [0.25, 0.3) is 0 Å². The van der Waals surface area contributed by atoms with Crippen molar-refractivity contribution in [2.45, 2.75) is 6.61 Å². The number of non-ortho nitro benzene ring substituents is 1. The van der Waals surface area contributed by atoms with Crippen molar-refractivity contribution < 1.29 is 9.66 Å². The number of rotatable bonds is 4. The molecule has 5 nitrogen and oxygen atoms in total. The Kier molecular flexibility index (Phi) is 4.18. The Balaban J connectivity index is 2.16. The monoisotopic (exact) mass is 288 g/mol. The number of nitro groups is 1. The number of ether oxygens (including phenoxy) is 1. The van der Waals surface area contributed by atoms with Crippen LogP contribution in [0.2, 0.25) is 5.02 Å². The van der Waals surface area contributed by atoms with Gasteiger partial charge in [0.15, 0.2) is 0 Å². The summed E-state index contributed by atoms with van der Waals surface area (Å²) in [6, 6.07) is 12.9. The molecule has 0 N–H and O–H groups in total. The van der Waals surface area contributed by atoms with E-state index < -0.39 is 4.92 Å². The molecule has 20 heavy (non-hydrogen) atoms. The van der Waals surface area contributed by atoms with Gasteiger partial charge in [0.25, 0.3) is 5.69 Å². The third-order valence-corrected chi connectivity index (χ3v) is 2.89. The van der Waals surface area contributed by atoms with Crippen molar-refractivity contribution in [1.82, 2.24) is 0 Å². The van der Waals surface area contributed by atoms with E-state index >= 15 is 0 Å². The average molecular weight is 289 g/mol. The highest BCUT2D eigenvalue weighted by molar-refractivity contribution is 6.32. The number of nitriles is 1. The fourth-order valence-corrected chi connectivity index (χ4v) is 1.78. The summed E-state index contributed by atoms with van der Waals surface area (Å²) in [7, 11) is 0. The maximum atomic E-state index is 10.7. The molecule has 2 aromatic carbocycles. The SMILES string of the molecule is N#Cc1cccc(COc2cc([N+](=O)[O-])ccc2Cl)c1. The van der Waals surface area contributed by atoms with Crippen LogP contribution in [-0.4, -0.2) is 4.92 Å². The molecule has 0 amide bonds. The molecule has 0 heterocycles. The van der Waals surface area contributed by atoms with Crippen molar-refractivity contribution in [3.63, 3.8) is 0 Å². The lowest BCUT2D eigenvalue weighted by Gasteiger charge is -2.08. The van der Waals surface area contributed by atoms with E-state index in [4.69, 9.17) is 21.6 Å². The molecule has 0 aliphatic rings. The molecule has 0 bridgehead atoms. The quantitative estimate of drug-likeness (QED) is 0.635. The van der Waals surface area contributed by atoms with Gasteiger partial charge in [0, 0.05) is 6.07 Å². The molecule has 2 rings (SSSR count). The van der Waals surface area contributed by atoms with Gasteiger partial charge < -0.3 is 4.74 Å². The molecule has 0 spiro atoms. The first-order chi connectivity index (χ1) is 9.60. The zero-order valence-corrected chi connectivity index (χ0v) is 11.0. The van der Waals surface area contributed by atoms with Crippen LogP contribution in [0, 0.1) is 21.4 Å². The summed E-state index contributed by atoms with van der Waals surface area (Å²) in [5.41, 5.74) is 1.22.